The maximum absolute atomic E-state index is 13.3. The van der Waals surface area contributed by atoms with Crippen LogP contribution in [-0.4, -0.2) is 35.4 Å². The second-order valence-corrected chi connectivity index (χ2v) is 8.03. The number of nitrogens with zero attached hydrogens (tertiary/aromatic N) is 3. The summed E-state index contributed by atoms with van der Waals surface area (Å²) in [6.45, 7) is 2.46. The fourth-order valence-corrected chi connectivity index (χ4v) is 4.22. The van der Waals surface area contributed by atoms with Gasteiger partial charge in [0.25, 0.3) is 0 Å². The number of hydrogen-bond acceptors (Lipinski definition) is 6. The minimum Gasteiger partial charge on any atom is -0.383 e. The molecule has 0 radical (unpaired) electrons. The second-order valence-electron chi connectivity index (χ2n) is 8.03. The highest BCUT2D eigenvalue weighted by atomic mass is 16.1. The fourth-order valence-electron chi connectivity index (χ4n) is 4.22. The monoisotopic (exact) mass is 423 g/mol. The molecule has 6 heteroatoms. The van der Waals surface area contributed by atoms with Gasteiger partial charge in [0.05, 0.1) is 5.56 Å². The van der Waals surface area contributed by atoms with Crippen LogP contribution >= 0.6 is 0 Å². The van der Waals surface area contributed by atoms with E-state index in [-0.39, 0.29) is 17.6 Å². The molecule has 1 unspecified atom stereocenters. The number of aromatic nitrogens is 2. The zero-order valence-corrected chi connectivity index (χ0v) is 17.7. The lowest BCUT2D eigenvalue weighted by Crippen LogP contribution is -2.46. The van der Waals surface area contributed by atoms with Crippen LogP contribution in [0.1, 0.15) is 39.6 Å². The highest BCUT2D eigenvalue weighted by Gasteiger charge is 2.23. The van der Waals surface area contributed by atoms with Gasteiger partial charge in [-0.25, -0.2) is 9.97 Å². The van der Waals surface area contributed by atoms with Crippen molar-refractivity contribution in [1.82, 2.24) is 15.3 Å². The van der Waals surface area contributed by atoms with Gasteiger partial charge < -0.3 is 16.0 Å². The normalized spacial score (nSPS) is 17.9. The fraction of sp³-hybridized carbons (Fsp3) is 0.192. The molecule has 3 heterocycles. The third-order valence-electron chi connectivity index (χ3n) is 5.94. The largest absolute Gasteiger partial charge is 0.383 e. The quantitative estimate of drug-likeness (QED) is 0.608. The summed E-state index contributed by atoms with van der Waals surface area (Å²) in [6.07, 6.45) is 8.82. The number of carbonyl (C=O) groups is 1. The lowest BCUT2D eigenvalue weighted by atomic mass is 10.0. The molecule has 1 aliphatic heterocycles. The molecule has 0 bridgehead atoms. The van der Waals surface area contributed by atoms with Crippen LogP contribution in [0.3, 0.4) is 0 Å². The predicted molar refractivity (Wildman–Crippen MR) is 127 cm³/mol. The van der Waals surface area contributed by atoms with Gasteiger partial charge in [-0.2, -0.15) is 0 Å². The highest BCUT2D eigenvalue weighted by molar-refractivity contribution is 6.11. The van der Waals surface area contributed by atoms with Crippen molar-refractivity contribution in [2.75, 3.05) is 30.3 Å². The summed E-state index contributed by atoms with van der Waals surface area (Å²) < 4.78 is 0. The Morgan fingerprint density at radius 3 is 2.81 bits per heavy atom. The Morgan fingerprint density at radius 1 is 1.12 bits per heavy atom. The van der Waals surface area contributed by atoms with E-state index in [2.05, 4.69) is 51.6 Å². The summed E-state index contributed by atoms with van der Waals surface area (Å²) in [4.78, 5) is 24.5. The first-order valence-electron chi connectivity index (χ1n) is 10.9. The number of anilines is 2. The zero-order chi connectivity index (χ0) is 21.9. The zero-order valence-electron chi connectivity index (χ0n) is 17.7. The minimum absolute atomic E-state index is 0.212. The maximum Gasteiger partial charge on any atom is 0.215 e. The van der Waals surface area contributed by atoms with Gasteiger partial charge in [0.1, 0.15) is 17.3 Å². The van der Waals surface area contributed by atoms with E-state index in [4.69, 9.17) is 10.7 Å². The van der Waals surface area contributed by atoms with Gasteiger partial charge >= 0.3 is 0 Å². The van der Waals surface area contributed by atoms with E-state index in [0.717, 1.165) is 43.0 Å². The standard InChI is InChI=1S/C26H25N5O/c27-26-21(15-20(16-29-26)18-7-4-5-8-18)25(32)22-11-6-12-24(30-22)31-14-13-28-23(17-31)19-9-2-1-3-10-19/h1-4,6-12,15-16,23,28H,5,13-14,17H2,(H2,27,29). The van der Waals surface area contributed by atoms with E-state index in [1.165, 1.54) is 5.56 Å². The molecule has 1 atom stereocenters. The van der Waals surface area contributed by atoms with Gasteiger partial charge in [-0.1, -0.05) is 54.6 Å². The van der Waals surface area contributed by atoms with Crippen molar-refractivity contribution in [3.05, 3.63) is 101 Å². The molecular formula is C26H25N5O. The Bertz CT molecular complexity index is 1200. The van der Waals surface area contributed by atoms with Gasteiger partial charge in [-0.05, 0) is 35.8 Å². The molecule has 3 aromatic rings. The molecule has 32 heavy (non-hydrogen) atoms. The van der Waals surface area contributed by atoms with Crippen LogP contribution < -0.4 is 16.0 Å². The number of ketones is 1. The number of allylic oxidation sites excluding steroid dienone is 4. The molecule has 1 saturated heterocycles. The summed E-state index contributed by atoms with van der Waals surface area (Å²) in [7, 11) is 0. The van der Waals surface area contributed by atoms with Gasteiger partial charge in [-0.3, -0.25) is 4.79 Å². The summed E-state index contributed by atoms with van der Waals surface area (Å²) >= 11 is 0. The van der Waals surface area contributed by atoms with E-state index < -0.39 is 0 Å². The van der Waals surface area contributed by atoms with E-state index in [0.29, 0.717) is 11.3 Å². The first-order valence-corrected chi connectivity index (χ1v) is 10.9. The topological polar surface area (TPSA) is 84.1 Å². The summed E-state index contributed by atoms with van der Waals surface area (Å²) in [5.74, 6) is 0.804. The molecular weight excluding hydrogens is 398 g/mol. The Hall–Kier alpha value is -3.77. The van der Waals surface area contributed by atoms with Crippen molar-refractivity contribution in [2.45, 2.75) is 12.5 Å². The number of carbonyl (C=O) groups excluding carboxylic acids is 1. The van der Waals surface area contributed by atoms with Crippen molar-refractivity contribution in [3.8, 4) is 0 Å². The third kappa shape index (κ3) is 4.05. The molecule has 0 saturated carbocycles. The Labute approximate surface area is 187 Å². The number of benzene rings is 1. The molecule has 2 aliphatic rings. The Morgan fingerprint density at radius 2 is 2.00 bits per heavy atom. The van der Waals surface area contributed by atoms with E-state index in [1.54, 1.807) is 12.3 Å². The van der Waals surface area contributed by atoms with Crippen LogP contribution in [-0.2, 0) is 0 Å². The smallest absolute Gasteiger partial charge is 0.215 e. The SMILES string of the molecule is Nc1ncc(C2=CCC=C2)cc1C(=O)c1cccc(N2CCNC(c3ccccc3)C2)n1. The van der Waals surface area contributed by atoms with Crippen molar-refractivity contribution in [1.29, 1.82) is 0 Å². The number of hydrogen-bond donors (Lipinski definition) is 2. The van der Waals surface area contributed by atoms with Crippen LogP contribution in [0.25, 0.3) is 5.57 Å². The molecule has 3 N–H and O–H groups in total. The summed E-state index contributed by atoms with van der Waals surface area (Å²) in [5, 5.41) is 3.57. The van der Waals surface area contributed by atoms with E-state index in [9.17, 15) is 4.79 Å². The molecule has 0 amide bonds. The van der Waals surface area contributed by atoms with Crippen LogP contribution in [0.5, 0.6) is 0 Å². The number of piperazine rings is 1. The lowest BCUT2D eigenvalue weighted by Gasteiger charge is -2.35. The highest BCUT2D eigenvalue weighted by Crippen LogP contribution is 2.26. The lowest BCUT2D eigenvalue weighted by molar-refractivity contribution is 0.103. The molecule has 6 nitrogen and oxygen atoms in total. The van der Waals surface area contributed by atoms with Crippen molar-refractivity contribution >= 4 is 23.0 Å². The average molecular weight is 424 g/mol. The van der Waals surface area contributed by atoms with E-state index in [1.807, 2.05) is 30.3 Å². The minimum atomic E-state index is -0.212. The third-order valence-corrected chi connectivity index (χ3v) is 5.94. The Balaban J connectivity index is 1.40. The maximum atomic E-state index is 13.3. The number of nitrogen functional groups attached to an aromatic ring is 1. The van der Waals surface area contributed by atoms with Crippen LogP contribution in [0.2, 0.25) is 0 Å². The second kappa shape index (κ2) is 8.77. The van der Waals surface area contributed by atoms with Crippen molar-refractivity contribution in [2.24, 2.45) is 0 Å². The molecule has 1 aliphatic carbocycles. The number of nitrogens with one attached hydrogen (secondary N) is 1. The Kier molecular flexibility index (Phi) is 5.52. The predicted octanol–water partition coefficient (Wildman–Crippen LogP) is 3.78. The molecule has 1 fully saturated rings. The van der Waals surface area contributed by atoms with Crippen molar-refractivity contribution < 1.29 is 4.79 Å². The molecule has 5 rings (SSSR count). The summed E-state index contributed by atoms with van der Waals surface area (Å²) in [6, 6.07) is 18.0. The van der Waals surface area contributed by atoms with Crippen LogP contribution in [0.15, 0.2) is 79.0 Å². The number of pyridine rings is 2. The molecule has 1 aromatic carbocycles. The summed E-state index contributed by atoms with van der Waals surface area (Å²) in [5.41, 5.74) is 10.0. The number of nitrogens with two attached hydrogens (primary N) is 1. The van der Waals surface area contributed by atoms with Crippen molar-refractivity contribution in [3.63, 3.8) is 0 Å². The first kappa shape index (κ1) is 20.2. The number of rotatable bonds is 5. The molecule has 160 valence electrons. The molecule has 0 spiro atoms. The van der Waals surface area contributed by atoms with Gasteiger partial charge in [0.15, 0.2) is 0 Å². The van der Waals surface area contributed by atoms with Gasteiger partial charge in [0, 0.05) is 37.4 Å². The average Bonchev–Trinajstić information content (AvgIpc) is 3.40. The van der Waals surface area contributed by atoms with Gasteiger partial charge in [-0.15, -0.1) is 0 Å². The van der Waals surface area contributed by atoms with Gasteiger partial charge in [0.2, 0.25) is 5.78 Å². The van der Waals surface area contributed by atoms with Crippen LogP contribution in [0.4, 0.5) is 11.6 Å². The van der Waals surface area contributed by atoms with Crippen LogP contribution in [0, 0.1) is 0 Å². The first-order chi connectivity index (χ1) is 15.7. The molecule has 2 aromatic heterocycles. The van der Waals surface area contributed by atoms with E-state index >= 15 is 0 Å².